The van der Waals surface area contributed by atoms with Crippen LogP contribution in [0.25, 0.3) is 6.08 Å². The van der Waals surface area contributed by atoms with Crippen molar-refractivity contribution in [2.24, 2.45) is 0 Å². The Balaban J connectivity index is 1.66. The number of hydrogen-bond acceptors (Lipinski definition) is 5. The lowest BCUT2D eigenvalue weighted by Gasteiger charge is -2.28. The number of nitrogens with zero attached hydrogens (tertiary/aromatic N) is 2. The smallest absolute Gasteiger partial charge is 0.266 e. The van der Waals surface area contributed by atoms with Crippen molar-refractivity contribution in [3.63, 3.8) is 0 Å². The number of ether oxygens (including phenoxy) is 1. The van der Waals surface area contributed by atoms with Gasteiger partial charge in [-0.1, -0.05) is 30.0 Å². The third kappa shape index (κ3) is 4.23. The van der Waals surface area contributed by atoms with Crippen molar-refractivity contribution in [2.75, 3.05) is 39.4 Å². The molecule has 0 radical (unpaired) electrons. The Kier molecular flexibility index (Phi) is 6.04. The molecule has 2 fully saturated rings. The molecule has 2 heterocycles. The molecule has 1 aromatic carbocycles. The number of thioether (sulfide) groups is 1. The first-order chi connectivity index (χ1) is 11.5. The fraction of sp³-hybridized carbons (Fsp3) is 0.375. The molecule has 0 N–H and O–H groups in total. The number of benzene rings is 1. The second kappa shape index (κ2) is 8.05. The molecular formula is C16H16BrFN2O2S2. The van der Waals surface area contributed by atoms with Gasteiger partial charge in [0.15, 0.2) is 0 Å². The summed E-state index contributed by atoms with van der Waals surface area (Å²) in [4.78, 5) is 17.0. The zero-order valence-electron chi connectivity index (χ0n) is 12.8. The summed E-state index contributed by atoms with van der Waals surface area (Å²) in [5.41, 5.74) is 0.761. The first-order valence-corrected chi connectivity index (χ1v) is 9.57. The normalized spacial score (nSPS) is 21.1. The highest BCUT2D eigenvalue weighted by Crippen LogP contribution is 2.33. The number of halogens is 2. The van der Waals surface area contributed by atoms with Gasteiger partial charge in [-0.3, -0.25) is 14.6 Å². The molecule has 4 nitrogen and oxygen atoms in total. The predicted molar refractivity (Wildman–Crippen MR) is 101 cm³/mol. The minimum Gasteiger partial charge on any atom is -0.379 e. The minimum absolute atomic E-state index is 0.0845. The SMILES string of the molecule is O=C1/C(=C/c2ccc(F)c(Br)c2)SC(=S)N1CCN1CCOCC1. The molecule has 24 heavy (non-hydrogen) atoms. The topological polar surface area (TPSA) is 32.8 Å². The van der Waals surface area contributed by atoms with E-state index in [1.165, 1.54) is 17.8 Å². The van der Waals surface area contributed by atoms with E-state index < -0.39 is 0 Å². The molecule has 3 rings (SSSR count). The van der Waals surface area contributed by atoms with Crippen molar-refractivity contribution >= 4 is 56.2 Å². The van der Waals surface area contributed by atoms with E-state index in [-0.39, 0.29) is 11.7 Å². The highest BCUT2D eigenvalue weighted by Gasteiger charge is 2.32. The van der Waals surface area contributed by atoms with Crippen molar-refractivity contribution < 1.29 is 13.9 Å². The molecule has 0 aromatic heterocycles. The molecule has 128 valence electrons. The summed E-state index contributed by atoms with van der Waals surface area (Å²) in [6, 6.07) is 4.66. The molecule has 1 amide bonds. The van der Waals surface area contributed by atoms with Crippen LogP contribution >= 0.6 is 39.9 Å². The van der Waals surface area contributed by atoms with E-state index in [1.54, 1.807) is 23.1 Å². The van der Waals surface area contributed by atoms with Crippen molar-refractivity contribution in [3.05, 3.63) is 39.0 Å². The third-order valence-corrected chi connectivity index (χ3v) is 5.84. The molecule has 1 aromatic rings. The Bertz CT molecular complexity index is 693. The maximum atomic E-state index is 13.3. The van der Waals surface area contributed by atoms with Gasteiger partial charge in [0.05, 0.1) is 22.6 Å². The summed E-state index contributed by atoms with van der Waals surface area (Å²) in [6.07, 6.45) is 1.75. The van der Waals surface area contributed by atoms with E-state index in [2.05, 4.69) is 20.8 Å². The van der Waals surface area contributed by atoms with Gasteiger partial charge in [0.2, 0.25) is 0 Å². The number of carbonyl (C=O) groups is 1. The largest absolute Gasteiger partial charge is 0.379 e. The van der Waals surface area contributed by atoms with Gasteiger partial charge < -0.3 is 4.74 Å². The zero-order chi connectivity index (χ0) is 17.1. The van der Waals surface area contributed by atoms with Crippen molar-refractivity contribution in [2.45, 2.75) is 0 Å². The molecule has 0 bridgehead atoms. The summed E-state index contributed by atoms with van der Waals surface area (Å²) in [5.74, 6) is -0.413. The Morgan fingerprint density at radius 2 is 2.08 bits per heavy atom. The van der Waals surface area contributed by atoms with Crippen LogP contribution in [0.2, 0.25) is 0 Å². The lowest BCUT2D eigenvalue weighted by molar-refractivity contribution is -0.122. The van der Waals surface area contributed by atoms with Crippen LogP contribution in [0.5, 0.6) is 0 Å². The van der Waals surface area contributed by atoms with E-state index in [0.717, 1.165) is 38.4 Å². The average molecular weight is 431 g/mol. The number of thiocarbonyl (C=S) groups is 1. The van der Waals surface area contributed by atoms with Gasteiger partial charge in [0.1, 0.15) is 10.1 Å². The number of amides is 1. The van der Waals surface area contributed by atoms with Gasteiger partial charge in [-0.05, 0) is 39.7 Å². The predicted octanol–water partition coefficient (Wildman–Crippen LogP) is 3.12. The lowest BCUT2D eigenvalue weighted by atomic mass is 10.2. The van der Waals surface area contributed by atoms with Crippen LogP contribution in [0.3, 0.4) is 0 Å². The Labute approximate surface area is 158 Å². The van der Waals surface area contributed by atoms with Crippen LogP contribution in [-0.4, -0.2) is 59.4 Å². The fourth-order valence-corrected chi connectivity index (χ4v) is 4.22. The summed E-state index contributed by atoms with van der Waals surface area (Å²) < 4.78 is 19.6. The van der Waals surface area contributed by atoms with Gasteiger partial charge in [-0.15, -0.1) is 0 Å². The summed E-state index contributed by atoms with van der Waals surface area (Å²) >= 11 is 9.78. The van der Waals surface area contributed by atoms with Crippen LogP contribution in [0.15, 0.2) is 27.6 Å². The highest BCUT2D eigenvalue weighted by atomic mass is 79.9. The monoisotopic (exact) mass is 430 g/mol. The molecule has 0 aliphatic carbocycles. The maximum Gasteiger partial charge on any atom is 0.266 e. The van der Waals surface area contributed by atoms with E-state index in [9.17, 15) is 9.18 Å². The Morgan fingerprint density at radius 3 is 2.79 bits per heavy atom. The fourth-order valence-electron chi connectivity index (χ4n) is 2.51. The molecule has 0 unspecified atom stereocenters. The molecular weight excluding hydrogens is 415 g/mol. The maximum absolute atomic E-state index is 13.3. The molecule has 8 heteroatoms. The summed E-state index contributed by atoms with van der Waals surface area (Å²) in [6.45, 7) is 4.60. The standard InChI is InChI=1S/C16H16BrFN2O2S2/c17-12-9-11(1-2-13(12)18)10-14-15(21)20(16(23)24-14)4-3-19-5-7-22-8-6-19/h1-2,9-10H,3-8H2/b14-10-. The van der Waals surface area contributed by atoms with Crippen molar-refractivity contribution in [1.82, 2.24) is 9.80 Å². The number of hydrogen-bond donors (Lipinski definition) is 0. The van der Waals surface area contributed by atoms with E-state index >= 15 is 0 Å². The van der Waals surface area contributed by atoms with Crippen LogP contribution in [0.1, 0.15) is 5.56 Å². The zero-order valence-corrected chi connectivity index (χ0v) is 16.1. The van der Waals surface area contributed by atoms with Gasteiger partial charge >= 0.3 is 0 Å². The Hall–Kier alpha value is -0.800. The minimum atomic E-state index is -0.329. The Morgan fingerprint density at radius 1 is 1.33 bits per heavy atom. The number of carbonyl (C=O) groups excluding carboxylic acids is 1. The van der Waals surface area contributed by atoms with Crippen molar-refractivity contribution in [1.29, 1.82) is 0 Å². The molecule has 2 aliphatic rings. The number of morpholine rings is 1. The van der Waals surface area contributed by atoms with Crippen molar-refractivity contribution in [3.8, 4) is 0 Å². The average Bonchev–Trinajstić information content (AvgIpc) is 2.84. The summed E-state index contributed by atoms with van der Waals surface area (Å²) in [5, 5.41) is 0. The van der Waals surface area contributed by atoms with Gasteiger partial charge in [-0.25, -0.2) is 4.39 Å². The third-order valence-electron chi connectivity index (χ3n) is 3.86. The first kappa shape index (κ1) is 18.0. The van der Waals surface area contributed by atoms with Gasteiger partial charge in [-0.2, -0.15) is 0 Å². The van der Waals surface area contributed by atoms with Crippen LogP contribution in [0, 0.1) is 5.82 Å². The molecule has 0 saturated carbocycles. The molecule has 2 aliphatic heterocycles. The highest BCUT2D eigenvalue weighted by molar-refractivity contribution is 9.10. The second-order valence-electron chi connectivity index (χ2n) is 5.46. The molecule has 2 saturated heterocycles. The quantitative estimate of drug-likeness (QED) is 0.541. The second-order valence-corrected chi connectivity index (χ2v) is 7.99. The van der Waals surface area contributed by atoms with E-state index in [4.69, 9.17) is 17.0 Å². The molecule has 0 atom stereocenters. The first-order valence-electron chi connectivity index (χ1n) is 7.55. The van der Waals surface area contributed by atoms with Gasteiger partial charge in [0, 0.05) is 26.2 Å². The number of rotatable bonds is 4. The molecule has 0 spiro atoms. The van der Waals surface area contributed by atoms with Crippen LogP contribution in [0.4, 0.5) is 4.39 Å². The van der Waals surface area contributed by atoms with Gasteiger partial charge in [0.25, 0.3) is 5.91 Å². The van der Waals surface area contributed by atoms with Crippen LogP contribution < -0.4 is 0 Å². The lowest BCUT2D eigenvalue weighted by Crippen LogP contribution is -2.42. The van der Waals surface area contributed by atoms with E-state index in [0.29, 0.717) is 20.2 Å². The van der Waals surface area contributed by atoms with E-state index in [1.807, 2.05) is 0 Å². The van der Waals surface area contributed by atoms with Crippen LogP contribution in [-0.2, 0) is 9.53 Å². The summed E-state index contributed by atoms with van der Waals surface area (Å²) in [7, 11) is 0.